The summed E-state index contributed by atoms with van der Waals surface area (Å²) in [6, 6.07) is 1.48. The summed E-state index contributed by atoms with van der Waals surface area (Å²) < 4.78 is 144. The molecule has 0 spiro atoms. The van der Waals surface area contributed by atoms with Crippen LogP contribution in [-0.2, 0) is 10.0 Å². The lowest BCUT2D eigenvalue weighted by Crippen LogP contribution is -2.64. The maximum atomic E-state index is 13.6. The van der Waals surface area contributed by atoms with Crippen molar-refractivity contribution in [3.8, 4) is 5.75 Å². The predicted octanol–water partition coefficient (Wildman–Crippen LogP) is 3.77. The Morgan fingerprint density at radius 3 is 1.89 bits per heavy atom. The van der Waals surface area contributed by atoms with Crippen LogP contribution in [0.1, 0.15) is 0 Å². The van der Waals surface area contributed by atoms with Gasteiger partial charge in [0.05, 0.1) is 17.7 Å². The molecule has 1 aromatic rings. The normalized spacial score (nSPS) is 13.9. The minimum Gasteiger partial charge on any atom is -0.495 e. The Labute approximate surface area is 149 Å². The van der Waals surface area contributed by atoms with E-state index in [0.717, 1.165) is 7.11 Å². The summed E-state index contributed by atoms with van der Waals surface area (Å²) in [5.74, 6) is -15.7. The second-order valence-corrected chi connectivity index (χ2v) is 6.63. The third kappa shape index (κ3) is 3.61. The monoisotopic (exact) mass is 450 g/mol. The van der Waals surface area contributed by atoms with Crippen LogP contribution in [0.2, 0.25) is 0 Å². The van der Waals surface area contributed by atoms with Gasteiger partial charge < -0.3 is 4.74 Å². The Balaban J connectivity index is 3.51. The fraction of sp³-hybridized carbons (Fsp3) is 0.455. The van der Waals surface area contributed by atoms with E-state index in [2.05, 4.69) is 4.74 Å². The SMILES string of the molecule is COc1ccc([N+](=O)[O-])cc1NS(=O)(=O)C(F)(F)C(F)(F)C(F)(F)C(F)(F)F. The van der Waals surface area contributed by atoms with Crippen molar-refractivity contribution in [1.82, 2.24) is 0 Å². The minimum absolute atomic E-state index is 0.187. The van der Waals surface area contributed by atoms with Gasteiger partial charge in [-0.1, -0.05) is 0 Å². The zero-order chi connectivity index (χ0) is 22.3. The first-order chi connectivity index (χ1) is 12.3. The summed E-state index contributed by atoms with van der Waals surface area (Å²) in [6.07, 6.45) is -7.22. The molecule has 0 saturated carbocycles. The fourth-order valence-electron chi connectivity index (χ4n) is 1.63. The quantitative estimate of drug-likeness (QED) is 0.388. The van der Waals surface area contributed by atoms with Crippen molar-refractivity contribution in [1.29, 1.82) is 0 Å². The number of nitro benzene ring substituents is 1. The topological polar surface area (TPSA) is 98.5 Å². The van der Waals surface area contributed by atoms with Gasteiger partial charge in [-0.05, 0) is 6.07 Å². The average Bonchev–Trinajstić information content (AvgIpc) is 2.52. The molecule has 0 bridgehead atoms. The van der Waals surface area contributed by atoms with E-state index in [4.69, 9.17) is 0 Å². The molecule has 160 valence electrons. The van der Waals surface area contributed by atoms with Crippen LogP contribution in [0.25, 0.3) is 0 Å². The minimum atomic E-state index is -7.45. The van der Waals surface area contributed by atoms with Gasteiger partial charge in [-0.25, -0.2) is 0 Å². The number of hydrogen-bond acceptors (Lipinski definition) is 5. The van der Waals surface area contributed by atoms with E-state index in [-0.39, 0.29) is 6.07 Å². The van der Waals surface area contributed by atoms with E-state index >= 15 is 0 Å². The number of benzene rings is 1. The number of methoxy groups -OCH3 is 1. The van der Waals surface area contributed by atoms with Gasteiger partial charge in [0.25, 0.3) is 5.69 Å². The molecule has 0 aromatic heterocycles. The third-order valence-electron chi connectivity index (χ3n) is 3.09. The molecule has 7 nitrogen and oxygen atoms in total. The first kappa shape index (κ1) is 23.6. The molecule has 0 heterocycles. The Bertz CT molecular complexity index is 870. The number of hydrogen-bond donors (Lipinski definition) is 1. The highest BCUT2D eigenvalue weighted by Gasteiger charge is 2.85. The molecule has 0 saturated heterocycles. The fourth-order valence-corrected chi connectivity index (χ4v) is 2.67. The molecular formula is C11H7F9N2O5S. The molecule has 0 aliphatic carbocycles. The highest BCUT2D eigenvalue weighted by atomic mass is 32.2. The van der Waals surface area contributed by atoms with Crippen LogP contribution in [0.4, 0.5) is 50.9 Å². The number of sulfonamides is 1. The number of anilines is 1. The lowest BCUT2D eigenvalue weighted by molar-refractivity contribution is -0.384. The first-order valence-electron chi connectivity index (χ1n) is 6.38. The molecule has 0 amide bonds. The lowest BCUT2D eigenvalue weighted by Gasteiger charge is -2.33. The summed E-state index contributed by atoms with van der Waals surface area (Å²) in [4.78, 5) is 9.43. The zero-order valence-electron chi connectivity index (χ0n) is 13.0. The van der Waals surface area contributed by atoms with Crippen molar-refractivity contribution in [2.75, 3.05) is 11.8 Å². The Kier molecular flexibility index (Phi) is 5.77. The van der Waals surface area contributed by atoms with E-state index < -0.39 is 55.3 Å². The molecule has 0 aliphatic heterocycles. The number of rotatable bonds is 7. The van der Waals surface area contributed by atoms with E-state index in [1.807, 2.05) is 0 Å². The summed E-state index contributed by atoms with van der Waals surface area (Å²) in [5, 5.41) is 3.61. The molecule has 17 heteroatoms. The van der Waals surface area contributed by atoms with Crippen LogP contribution in [0.3, 0.4) is 0 Å². The van der Waals surface area contributed by atoms with Crippen LogP contribution in [0.15, 0.2) is 18.2 Å². The standard InChI is InChI=1S/C11H7F9N2O5S/c1-27-7-3-2-5(22(23)24)4-6(7)21-28(25,26)11(19,20)9(14,15)8(12,13)10(16,17)18/h2-4,21H,1H3. The zero-order valence-corrected chi connectivity index (χ0v) is 13.8. The second-order valence-electron chi connectivity index (χ2n) is 4.91. The maximum Gasteiger partial charge on any atom is 0.460 e. The molecule has 1 rings (SSSR count). The number of nitro groups is 1. The Morgan fingerprint density at radius 2 is 1.50 bits per heavy atom. The Morgan fingerprint density at radius 1 is 1.00 bits per heavy atom. The predicted molar refractivity (Wildman–Crippen MR) is 73.1 cm³/mol. The number of nitrogens with one attached hydrogen (secondary N) is 1. The van der Waals surface area contributed by atoms with Gasteiger partial charge in [-0.2, -0.15) is 47.9 Å². The van der Waals surface area contributed by atoms with Gasteiger partial charge in [0, 0.05) is 12.1 Å². The number of halogens is 9. The molecule has 0 unspecified atom stereocenters. The Hall–Kier alpha value is -2.46. The van der Waals surface area contributed by atoms with Crippen LogP contribution >= 0.6 is 0 Å². The molecule has 0 fully saturated rings. The van der Waals surface area contributed by atoms with Gasteiger partial charge in [-0.15, -0.1) is 0 Å². The maximum absolute atomic E-state index is 13.6. The largest absolute Gasteiger partial charge is 0.495 e. The third-order valence-corrected chi connectivity index (χ3v) is 4.51. The summed E-state index contributed by atoms with van der Waals surface area (Å²) in [7, 11) is -6.22. The molecule has 0 aliphatic rings. The number of nitrogens with zero attached hydrogens (tertiary/aromatic N) is 1. The van der Waals surface area contributed by atoms with Gasteiger partial charge >= 0.3 is 33.3 Å². The molecule has 1 N–H and O–H groups in total. The first-order valence-corrected chi connectivity index (χ1v) is 7.86. The number of ether oxygens (including phenoxy) is 1. The highest BCUT2D eigenvalue weighted by Crippen LogP contribution is 2.55. The summed E-state index contributed by atoms with van der Waals surface area (Å²) in [5.41, 5.74) is -2.27. The highest BCUT2D eigenvalue weighted by molar-refractivity contribution is 7.93. The molecular weight excluding hydrogens is 443 g/mol. The van der Waals surface area contributed by atoms with Crippen molar-refractivity contribution in [2.45, 2.75) is 23.3 Å². The van der Waals surface area contributed by atoms with Crippen LogP contribution in [-0.4, -0.2) is 43.7 Å². The van der Waals surface area contributed by atoms with Crippen molar-refractivity contribution in [2.24, 2.45) is 0 Å². The van der Waals surface area contributed by atoms with Crippen molar-refractivity contribution < 1.29 is 57.6 Å². The lowest BCUT2D eigenvalue weighted by atomic mass is 10.1. The van der Waals surface area contributed by atoms with E-state index in [0.29, 0.717) is 16.9 Å². The van der Waals surface area contributed by atoms with Gasteiger partial charge in [0.15, 0.2) is 0 Å². The molecule has 1 aromatic carbocycles. The molecule has 28 heavy (non-hydrogen) atoms. The average molecular weight is 450 g/mol. The second kappa shape index (κ2) is 6.85. The van der Waals surface area contributed by atoms with Crippen molar-refractivity contribution in [3.63, 3.8) is 0 Å². The van der Waals surface area contributed by atoms with E-state index in [1.165, 1.54) is 0 Å². The summed E-state index contributed by atoms with van der Waals surface area (Å²) >= 11 is 0. The van der Waals surface area contributed by atoms with E-state index in [9.17, 15) is 58.0 Å². The molecule has 0 atom stereocenters. The van der Waals surface area contributed by atoms with Gasteiger partial charge in [-0.3, -0.25) is 14.8 Å². The van der Waals surface area contributed by atoms with Crippen LogP contribution < -0.4 is 9.46 Å². The number of non-ortho nitro benzene ring substituents is 1. The van der Waals surface area contributed by atoms with E-state index in [1.54, 1.807) is 0 Å². The van der Waals surface area contributed by atoms with Crippen molar-refractivity contribution in [3.05, 3.63) is 28.3 Å². The number of alkyl halides is 9. The molecule has 0 radical (unpaired) electrons. The summed E-state index contributed by atoms with van der Waals surface area (Å²) in [6.45, 7) is 0. The van der Waals surface area contributed by atoms with Gasteiger partial charge in [0.2, 0.25) is 0 Å². The van der Waals surface area contributed by atoms with Crippen LogP contribution in [0, 0.1) is 10.1 Å². The van der Waals surface area contributed by atoms with Crippen molar-refractivity contribution >= 4 is 21.4 Å². The van der Waals surface area contributed by atoms with Gasteiger partial charge in [0.1, 0.15) is 5.75 Å². The smallest absolute Gasteiger partial charge is 0.460 e. The van der Waals surface area contributed by atoms with Crippen LogP contribution in [0.5, 0.6) is 5.75 Å².